The number of carbonyl (C=O) groups is 1. The number of pyridine rings is 1. The van der Waals surface area contributed by atoms with Crippen molar-refractivity contribution in [2.24, 2.45) is 5.73 Å². The Morgan fingerprint density at radius 1 is 1.22 bits per heavy atom. The maximum Gasteiger partial charge on any atom is 0.252 e. The van der Waals surface area contributed by atoms with E-state index in [0.717, 1.165) is 0 Å². The lowest BCUT2D eigenvalue weighted by Gasteiger charge is -2.11. The maximum atomic E-state index is 11.4. The van der Waals surface area contributed by atoms with Crippen molar-refractivity contribution < 1.29 is 14.6 Å². The number of anilines is 1. The average molecular weight is 330 g/mol. The normalized spacial score (nSPS) is 10.7. The molecule has 1 amide bonds. The number of phenols is 1. The Morgan fingerprint density at radius 2 is 2.00 bits per heavy atom. The number of rotatable bonds is 3. The van der Waals surface area contributed by atoms with Crippen LogP contribution in [0.25, 0.3) is 10.9 Å². The Morgan fingerprint density at radius 3 is 2.70 bits per heavy atom. The number of aromatic hydroxyl groups is 1. The highest BCUT2D eigenvalue weighted by molar-refractivity contribution is 6.33. The lowest BCUT2D eigenvalue weighted by molar-refractivity contribution is 0.0998. The Bertz CT molecular complexity index is 928. The highest BCUT2D eigenvalue weighted by Gasteiger charge is 2.13. The number of fused-ring (bicyclic) bond motifs is 1. The molecule has 0 atom stereocenters. The number of amides is 1. The summed E-state index contributed by atoms with van der Waals surface area (Å²) in [5.74, 6) is -0.0522. The molecule has 1 heterocycles. The summed E-state index contributed by atoms with van der Waals surface area (Å²) in [7, 11) is 0. The van der Waals surface area contributed by atoms with Crippen LogP contribution in [-0.2, 0) is 0 Å². The number of primary amides is 1. The third-order valence-electron chi connectivity index (χ3n) is 3.28. The van der Waals surface area contributed by atoms with Crippen LogP contribution < -0.4 is 16.2 Å². The van der Waals surface area contributed by atoms with E-state index in [2.05, 4.69) is 4.98 Å². The van der Waals surface area contributed by atoms with Gasteiger partial charge in [-0.15, -0.1) is 0 Å². The predicted molar refractivity (Wildman–Crippen MR) is 87.9 cm³/mol. The van der Waals surface area contributed by atoms with Crippen molar-refractivity contribution >= 4 is 34.1 Å². The minimum absolute atomic E-state index is 0.00862. The van der Waals surface area contributed by atoms with Gasteiger partial charge in [-0.2, -0.15) is 0 Å². The Hall–Kier alpha value is -2.99. The standard InChI is InChI=1S/C16H12ClN3O3/c17-11-5-8(1-2-12(11)18)23-15-3-4-20-13-7-14(21)10(16(19)22)6-9(13)15/h1-7,21H,18H2,(H2,19,22). The molecule has 3 aromatic rings. The van der Waals surface area contributed by atoms with Gasteiger partial charge in [0.1, 0.15) is 17.2 Å². The van der Waals surface area contributed by atoms with E-state index in [1.807, 2.05) is 0 Å². The molecule has 0 bridgehead atoms. The van der Waals surface area contributed by atoms with Gasteiger partial charge < -0.3 is 21.3 Å². The molecular weight excluding hydrogens is 318 g/mol. The molecule has 0 fully saturated rings. The van der Waals surface area contributed by atoms with Crippen molar-refractivity contribution in [2.45, 2.75) is 0 Å². The summed E-state index contributed by atoms with van der Waals surface area (Å²) in [6.45, 7) is 0. The molecule has 0 aliphatic carbocycles. The molecule has 23 heavy (non-hydrogen) atoms. The van der Waals surface area contributed by atoms with Gasteiger partial charge in [0.15, 0.2) is 0 Å². The van der Waals surface area contributed by atoms with Crippen molar-refractivity contribution in [2.75, 3.05) is 5.73 Å². The molecule has 1 aromatic heterocycles. The lowest BCUT2D eigenvalue weighted by Crippen LogP contribution is -2.11. The molecule has 3 rings (SSSR count). The molecule has 0 saturated heterocycles. The van der Waals surface area contributed by atoms with Crippen LogP contribution in [0.4, 0.5) is 5.69 Å². The second-order valence-electron chi connectivity index (χ2n) is 4.85. The zero-order valence-corrected chi connectivity index (χ0v) is 12.5. The Kier molecular flexibility index (Phi) is 3.67. The van der Waals surface area contributed by atoms with Crippen molar-refractivity contribution in [1.29, 1.82) is 0 Å². The van der Waals surface area contributed by atoms with E-state index < -0.39 is 5.91 Å². The fourth-order valence-electron chi connectivity index (χ4n) is 2.14. The van der Waals surface area contributed by atoms with Gasteiger partial charge in [-0.3, -0.25) is 9.78 Å². The number of nitrogens with zero attached hydrogens (tertiary/aromatic N) is 1. The summed E-state index contributed by atoms with van der Waals surface area (Å²) in [6, 6.07) is 9.31. The van der Waals surface area contributed by atoms with Crippen molar-refractivity contribution in [1.82, 2.24) is 4.98 Å². The predicted octanol–water partition coefficient (Wildman–Crippen LogP) is 3.07. The molecular formula is C16H12ClN3O3. The summed E-state index contributed by atoms with van der Waals surface area (Å²) in [5.41, 5.74) is 11.8. The molecule has 0 spiro atoms. The smallest absolute Gasteiger partial charge is 0.252 e. The monoisotopic (exact) mass is 329 g/mol. The van der Waals surface area contributed by atoms with Gasteiger partial charge in [0.25, 0.3) is 5.91 Å². The van der Waals surface area contributed by atoms with Crippen LogP contribution in [0.5, 0.6) is 17.2 Å². The van der Waals surface area contributed by atoms with E-state index >= 15 is 0 Å². The van der Waals surface area contributed by atoms with E-state index in [9.17, 15) is 9.90 Å². The molecule has 0 radical (unpaired) electrons. The third kappa shape index (κ3) is 2.84. The van der Waals surface area contributed by atoms with Gasteiger partial charge in [-0.05, 0) is 24.3 Å². The first kappa shape index (κ1) is 14.9. The van der Waals surface area contributed by atoms with Gasteiger partial charge in [-0.1, -0.05) is 11.6 Å². The zero-order valence-electron chi connectivity index (χ0n) is 11.8. The SMILES string of the molecule is NC(=O)c1cc2c(Oc3ccc(N)c(Cl)c3)ccnc2cc1O. The highest BCUT2D eigenvalue weighted by atomic mass is 35.5. The number of halogens is 1. The fraction of sp³-hybridized carbons (Fsp3) is 0. The summed E-state index contributed by atoms with van der Waals surface area (Å²) < 4.78 is 5.79. The van der Waals surface area contributed by atoms with Crippen LogP contribution in [0.2, 0.25) is 5.02 Å². The number of hydrogen-bond donors (Lipinski definition) is 3. The van der Waals surface area contributed by atoms with Gasteiger partial charge in [-0.25, -0.2) is 0 Å². The van der Waals surface area contributed by atoms with Crippen LogP contribution in [0.15, 0.2) is 42.6 Å². The summed E-state index contributed by atoms with van der Waals surface area (Å²) in [6.07, 6.45) is 1.53. The highest BCUT2D eigenvalue weighted by Crippen LogP contribution is 2.34. The Labute approximate surface area is 136 Å². The first-order valence-corrected chi connectivity index (χ1v) is 6.98. The van der Waals surface area contributed by atoms with E-state index in [-0.39, 0.29) is 11.3 Å². The number of aromatic nitrogens is 1. The van der Waals surface area contributed by atoms with Gasteiger partial charge in [0.05, 0.1) is 21.8 Å². The summed E-state index contributed by atoms with van der Waals surface area (Å²) >= 11 is 5.97. The summed E-state index contributed by atoms with van der Waals surface area (Å²) in [4.78, 5) is 15.5. The number of nitrogens with two attached hydrogens (primary N) is 2. The maximum absolute atomic E-state index is 11.4. The van der Waals surface area contributed by atoms with Crippen LogP contribution in [-0.4, -0.2) is 16.0 Å². The molecule has 7 heteroatoms. The largest absolute Gasteiger partial charge is 0.507 e. The van der Waals surface area contributed by atoms with Crippen molar-refractivity contribution in [3.05, 3.63) is 53.2 Å². The third-order valence-corrected chi connectivity index (χ3v) is 3.61. The minimum atomic E-state index is -0.741. The first-order valence-electron chi connectivity index (χ1n) is 6.60. The van der Waals surface area contributed by atoms with E-state index in [1.54, 1.807) is 24.3 Å². The molecule has 0 aliphatic rings. The fourth-order valence-corrected chi connectivity index (χ4v) is 2.31. The van der Waals surface area contributed by atoms with Crippen LogP contribution in [0.1, 0.15) is 10.4 Å². The van der Waals surface area contributed by atoms with E-state index in [1.165, 1.54) is 18.3 Å². The second-order valence-corrected chi connectivity index (χ2v) is 5.25. The number of nitrogen functional groups attached to an aromatic ring is 1. The molecule has 0 saturated carbocycles. The molecule has 6 nitrogen and oxygen atoms in total. The average Bonchev–Trinajstić information content (AvgIpc) is 2.50. The second kappa shape index (κ2) is 5.66. The van der Waals surface area contributed by atoms with Crippen molar-refractivity contribution in [3.63, 3.8) is 0 Å². The summed E-state index contributed by atoms with van der Waals surface area (Å²) in [5, 5.41) is 10.7. The van der Waals surface area contributed by atoms with Crippen LogP contribution in [0, 0.1) is 0 Å². The topological polar surface area (TPSA) is 111 Å². The quantitative estimate of drug-likeness (QED) is 0.639. The number of hydrogen-bond acceptors (Lipinski definition) is 5. The van der Waals surface area contributed by atoms with Gasteiger partial charge in [0.2, 0.25) is 0 Å². The molecule has 0 aliphatic heterocycles. The molecule has 5 N–H and O–H groups in total. The molecule has 2 aromatic carbocycles. The van der Waals surface area contributed by atoms with Crippen molar-refractivity contribution in [3.8, 4) is 17.2 Å². The molecule has 116 valence electrons. The number of ether oxygens (including phenoxy) is 1. The lowest BCUT2D eigenvalue weighted by atomic mass is 10.1. The Balaban J connectivity index is 2.11. The minimum Gasteiger partial charge on any atom is -0.507 e. The molecule has 0 unspecified atom stereocenters. The number of benzene rings is 2. The zero-order chi connectivity index (χ0) is 16.6. The van der Waals surface area contributed by atoms with Gasteiger partial charge >= 0.3 is 0 Å². The van der Waals surface area contributed by atoms with Crippen LogP contribution in [0.3, 0.4) is 0 Å². The van der Waals surface area contributed by atoms with E-state index in [0.29, 0.717) is 33.1 Å². The first-order chi connectivity index (χ1) is 11.0. The van der Waals surface area contributed by atoms with E-state index in [4.69, 9.17) is 27.8 Å². The number of carbonyl (C=O) groups excluding carboxylic acids is 1. The van der Waals surface area contributed by atoms with Crippen LogP contribution >= 0.6 is 11.6 Å². The van der Waals surface area contributed by atoms with Gasteiger partial charge in [0, 0.05) is 23.7 Å².